The van der Waals surface area contributed by atoms with Crippen LogP contribution in [-0.2, 0) is 4.74 Å². The lowest BCUT2D eigenvalue weighted by Gasteiger charge is -2.11. The van der Waals surface area contributed by atoms with Crippen molar-refractivity contribution in [3.63, 3.8) is 0 Å². The van der Waals surface area contributed by atoms with E-state index in [2.05, 4.69) is 22.9 Å². The normalized spacial score (nSPS) is 18.6. The van der Waals surface area contributed by atoms with E-state index < -0.39 is 0 Å². The summed E-state index contributed by atoms with van der Waals surface area (Å²) in [7, 11) is 0. The standard InChI is InChI=1S/C12H16N2O3S/c15-12(14-4-6-18)9-1-3-13-11(7-9)17-10-2-5-16-8-10/h1,3,7,10,18H,2,4-6,8H2,(H,14,15). The molecule has 1 aliphatic heterocycles. The summed E-state index contributed by atoms with van der Waals surface area (Å²) in [6, 6.07) is 3.30. The fourth-order valence-corrected chi connectivity index (χ4v) is 1.78. The van der Waals surface area contributed by atoms with Gasteiger partial charge in [0.2, 0.25) is 5.88 Å². The average molecular weight is 268 g/mol. The zero-order valence-corrected chi connectivity index (χ0v) is 10.9. The van der Waals surface area contributed by atoms with Gasteiger partial charge in [-0.2, -0.15) is 12.6 Å². The van der Waals surface area contributed by atoms with Crippen LogP contribution in [-0.4, -0.2) is 42.5 Å². The molecule has 1 fully saturated rings. The minimum absolute atomic E-state index is 0.0354. The van der Waals surface area contributed by atoms with Gasteiger partial charge in [-0.15, -0.1) is 0 Å². The van der Waals surface area contributed by atoms with Crippen LogP contribution in [0.5, 0.6) is 5.88 Å². The number of hydrogen-bond donors (Lipinski definition) is 2. The Bertz CT molecular complexity index is 408. The highest BCUT2D eigenvalue weighted by Crippen LogP contribution is 2.15. The third-order valence-corrected chi connectivity index (χ3v) is 2.79. The molecule has 6 heteroatoms. The first-order valence-electron chi connectivity index (χ1n) is 5.89. The molecular weight excluding hydrogens is 252 g/mol. The van der Waals surface area contributed by atoms with Crippen molar-refractivity contribution >= 4 is 18.5 Å². The van der Waals surface area contributed by atoms with E-state index in [4.69, 9.17) is 9.47 Å². The zero-order valence-electron chi connectivity index (χ0n) is 9.96. The molecule has 1 aromatic rings. The maximum absolute atomic E-state index is 11.7. The molecule has 1 aromatic heterocycles. The highest BCUT2D eigenvalue weighted by Gasteiger charge is 2.18. The van der Waals surface area contributed by atoms with Crippen LogP contribution in [0.15, 0.2) is 18.3 Å². The Kier molecular flexibility index (Phi) is 4.83. The monoisotopic (exact) mass is 268 g/mol. The molecule has 0 bridgehead atoms. The molecule has 18 heavy (non-hydrogen) atoms. The fourth-order valence-electron chi connectivity index (χ4n) is 1.66. The van der Waals surface area contributed by atoms with E-state index in [0.717, 1.165) is 6.42 Å². The number of carbonyl (C=O) groups excluding carboxylic acids is 1. The van der Waals surface area contributed by atoms with Gasteiger partial charge in [-0.05, 0) is 6.07 Å². The number of hydrogen-bond acceptors (Lipinski definition) is 5. The van der Waals surface area contributed by atoms with Gasteiger partial charge in [0.05, 0.1) is 13.2 Å². The van der Waals surface area contributed by atoms with Crippen LogP contribution in [0.25, 0.3) is 0 Å². The van der Waals surface area contributed by atoms with Crippen LogP contribution in [0.1, 0.15) is 16.8 Å². The van der Waals surface area contributed by atoms with E-state index >= 15 is 0 Å². The number of pyridine rings is 1. The van der Waals surface area contributed by atoms with E-state index in [1.165, 1.54) is 0 Å². The lowest BCUT2D eigenvalue weighted by atomic mass is 10.2. The number of nitrogens with one attached hydrogen (secondary N) is 1. The van der Waals surface area contributed by atoms with Gasteiger partial charge in [0.25, 0.3) is 5.91 Å². The van der Waals surface area contributed by atoms with Gasteiger partial charge in [0.15, 0.2) is 0 Å². The Morgan fingerprint density at radius 1 is 1.67 bits per heavy atom. The minimum atomic E-state index is -0.140. The molecule has 1 amide bonds. The molecule has 2 rings (SSSR count). The molecule has 0 radical (unpaired) electrons. The molecule has 1 aliphatic rings. The smallest absolute Gasteiger partial charge is 0.251 e. The Balaban J connectivity index is 1.97. The maximum atomic E-state index is 11.7. The lowest BCUT2D eigenvalue weighted by molar-refractivity contribution is 0.0954. The average Bonchev–Trinajstić information content (AvgIpc) is 2.89. The number of nitrogens with zero attached hydrogens (tertiary/aromatic N) is 1. The first-order valence-corrected chi connectivity index (χ1v) is 6.52. The zero-order chi connectivity index (χ0) is 12.8. The second-order valence-corrected chi connectivity index (χ2v) is 4.41. The van der Waals surface area contributed by atoms with E-state index in [9.17, 15) is 4.79 Å². The molecule has 1 saturated heterocycles. The highest BCUT2D eigenvalue weighted by molar-refractivity contribution is 7.80. The van der Waals surface area contributed by atoms with Crippen LogP contribution in [0.2, 0.25) is 0 Å². The molecular formula is C12H16N2O3S. The van der Waals surface area contributed by atoms with E-state index in [1.807, 2.05) is 0 Å². The third-order valence-electron chi connectivity index (χ3n) is 2.57. The van der Waals surface area contributed by atoms with Gasteiger partial charge in [0.1, 0.15) is 6.10 Å². The molecule has 0 aliphatic carbocycles. The van der Waals surface area contributed by atoms with Gasteiger partial charge >= 0.3 is 0 Å². The second-order valence-electron chi connectivity index (χ2n) is 3.97. The molecule has 0 spiro atoms. The maximum Gasteiger partial charge on any atom is 0.251 e. The predicted octanol–water partition coefficient (Wildman–Crippen LogP) is 0.909. The van der Waals surface area contributed by atoms with Crippen molar-refractivity contribution in [2.45, 2.75) is 12.5 Å². The van der Waals surface area contributed by atoms with Crippen molar-refractivity contribution in [3.8, 4) is 5.88 Å². The van der Waals surface area contributed by atoms with E-state index in [0.29, 0.717) is 37.0 Å². The van der Waals surface area contributed by atoms with Gasteiger partial charge in [-0.3, -0.25) is 4.79 Å². The van der Waals surface area contributed by atoms with Crippen LogP contribution >= 0.6 is 12.6 Å². The first kappa shape index (κ1) is 13.2. The van der Waals surface area contributed by atoms with Crippen molar-refractivity contribution in [2.75, 3.05) is 25.5 Å². The summed E-state index contributed by atoms with van der Waals surface area (Å²) >= 11 is 4.04. The Hall–Kier alpha value is -1.27. The van der Waals surface area contributed by atoms with Crippen molar-refractivity contribution in [1.29, 1.82) is 0 Å². The predicted molar refractivity (Wildman–Crippen MR) is 70.3 cm³/mol. The molecule has 2 heterocycles. The Morgan fingerprint density at radius 3 is 3.28 bits per heavy atom. The van der Waals surface area contributed by atoms with Crippen LogP contribution in [0.4, 0.5) is 0 Å². The van der Waals surface area contributed by atoms with E-state index in [1.54, 1.807) is 18.3 Å². The molecule has 0 saturated carbocycles. The number of ether oxygens (including phenoxy) is 2. The van der Waals surface area contributed by atoms with Crippen LogP contribution in [0, 0.1) is 0 Å². The van der Waals surface area contributed by atoms with Crippen LogP contribution in [0.3, 0.4) is 0 Å². The van der Waals surface area contributed by atoms with Crippen LogP contribution < -0.4 is 10.1 Å². The molecule has 98 valence electrons. The number of amides is 1. The Labute approximate surface area is 111 Å². The van der Waals surface area contributed by atoms with Crippen molar-refractivity contribution in [3.05, 3.63) is 23.9 Å². The summed E-state index contributed by atoms with van der Waals surface area (Å²) in [5.41, 5.74) is 0.542. The Morgan fingerprint density at radius 2 is 2.56 bits per heavy atom. The largest absolute Gasteiger partial charge is 0.472 e. The number of aromatic nitrogens is 1. The summed E-state index contributed by atoms with van der Waals surface area (Å²) in [4.78, 5) is 15.8. The van der Waals surface area contributed by atoms with Crippen molar-refractivity contribution in [2.24, 2.45) is 0 Å². The topological polar surface area (TPSA) is 60.5 Å². The third kappa shape index (κ3) is 3.61. The van der Waals surface area contributed by atoms with Gasteiger partial charge in [-0.25, -0.2) is 4.98 Å². The molecule has 0 aromatic carbocycles. The fraction of sp³-hybridized carbons (Fsp3) is 0.500. The second kappa shape index (κ2) is 6.61. The van der Waals surface area contributed by atoms with Gasteiger partial charge in [-0.1, -0.05) is 0 Å². The van der Waals surface area contributed by atoms with Gasteiger partial charge in [0, 0.05) is 36.5 Å². The molecule has 5 nitrogen and oxygen atoms in total. The summed E-state index contributed by atoms with van der Waals surface area (Å²) in [5.74, 6) is 0.933. The number of carbonyl (C=O) groups is 1. The van der Waals surface area contributed by atoms with Crippen molar-refractivity contribution in [1.82, 2.24) is 10.3 Å². The highest BCUT2D eigenvalue weighted by atomic mass is 32.1. The van der Waals surface area contributed by atoms with Crippen molar-refractivity contribution < 1.29 is 14.3 Å². The molecule has 1 atom stereocenters. The summed E-state index contributed by atoms with van der Waals surface area (Å²) < 4.78 is 10.9. The molecule has 1 unspecified atom stereocenters. The summed E-state index contributed by atoms with van der Waals surface area (Å²) in [6.45, 7) is 1.83. The summed E-state index contributed by atoms with van der Waals surface area (Å²) in [6.07, 6.45) is 2.46. The molecule has 1 N–H and O–H groups in total. The van der Waals surface area contributed by atoms with E-state index in [-0.39, 0.29) is 12.0 Å². The minimum Gasteiger partial charge on any atom is -0.472 e. The lowest BCUT2D eigenvalue weighted by Crippen LogP contribution is -2.25. The summed E-state index contributed by atoms with van der Waals surface area (Å²) in [5, 5.41) is 2.75. The first-order chi connectivity index (χ1) is 8.79. The SMILES string of the molecule is O=C(NCCS)c1ccnc(OC2CCOC2)c1. The van der Waals surface area contributed by atoms with Gasteiger partial charge < -0.3 is 14.8 Å². The number of rotatable bonds is 5. The number of thiol groups is 1. The quantitative estimate of drug-likeness (QED) is 0.779.